The van der Waals surface area contributed by atoms with Gasteiger partial charge in [0, 0.05) is 27.6 Å². The lowest BCUT2D eigenvalue weighted by Gasteiger charge is -2.38. The van der Waals surface area contributed by atoms with Crippen molar-refractivity contribution in [3.63, 3.8) is 0 Å². The predicted octanol–water partition coefficient (Wildman–Crippen LogP) is 6.67. The largest absolute Gasteiger partial charge is 0.360 e. The number of nitrogens with one attached hydrogen (secondary N) is 2. The Hall–Kier alpha value is -4.09. The van der Waals surface area contributed by atoms with Gasteiger partial charge in [-0.15, -0.1) is 0 Å². The van der Waals surface area contributed by atoms with Crippen LogP contribution in [0.3, 0.4) is 0 Å². The summed E-state index contributed by atoms with van der Waals surface area (Å²) in [6, 6.07) is 29.6. The van der Waals surface area contributed by atoms with Gasteiger partial charge < -0.3 is 10.6 Å². The quantitative estimate of drug-likeness (QED) is 0.352. The Morgan fingerprint density at radius 1 is 0.912 bits per heavy atom. The smallest absolute Gasteiger partial charge is 0.262 e. The number of hydrogen-bond donors (Lipinski definition) is 2. The number of carbonyl (C=O) groups excluding carboxylic acids is 2. The molecule has 0 bridgehead atoms. The molecule has 0 spiro atoms. The monoisotopic (exact) mass is 467 g/mol. The van der Waals surface area contributed by atoms with Crippen LogP contribution in [-0.2, 0) is 0 Å². The topological polar surface area (TPSA) is 61.4 Å². The van der Waals surface area contributed by atoms with Crippen LogP contribution in [0.25, 0.3) is 0 Å². The number of rotatable bonds is 4. The van der Waals surface area contributed by atoms with Crippen molar-refractivity contribution in [1.29, 1.82) is 0 Å². The van der Waals surface area contributed by atoms with Gasteiger partial charge in [-0.1, -0.05) is 53.6 Å². The molecule has 2 amide bonds. The van der Waals surface area contributed by atoms with E-state index in [-0.39, 0.29) is 11.8 Å². The number of halogens is 1. The van der Waals surface area contributed by atoms with Crippen LogP contribution in [0.5, 0.6) is 0 Å². The molecule has 0 saturated carbocycles. The van der Waals surface area contributed by atoms with Gasteiger partial charge in [0.2, 0.25) is 0 Å². The highest BCUT2D eigenvalue weighted by Gasteiger charge is 2.34. The summed E-state index contributed by atoms with van der Waals surface area (Å²) in [5, 5.41) is 7.04. The lowest BCUT2D eigenvalue weighted by molar-refractivity contribution is 0.0973. The first-order valence-electron chi connectivity index (χ1n) is 10.9. The van der Waals surface area contributed by atoms with Crippen molar-refractivity contribution in [1.82, 2.24) is 0 Å². The van der Waals surface area contributed by atoms with E-state index in [9.17, 15) is 9.59 Å². The second-order valence-electron chi connectivity index (χ2n) is 8.19. The lowest BCUT2D eigenvalue weighted by atomic mass is 10.0. The van der Waals surface area contributed by atoms with Gasteiger partial charge in [0.05, 0.1) is 5.56 Å². The molecule has 34 heavy (non-hydrogen) atoms. The van der Waals surface area contributed by atoms with Crippen molar-refractivity contribution in [2.45, 2.75) is 13.1 Å². The molecule has 1 aliphatic rings. The summed E-state index contributed by atoms with van der Waals surface area (Å²) < 4.78 is 0. The summed E-state index contributed by atoms with van der Waals surface area (Å²) >= 11 is 6.09. The fourth-order valence-electron chi connectivity index (χ4n) is 4.05. The molecule has 6 heteroatoms. The Kier molecular flexibility index (Phi) is 5.78. The zero-order valence-corrected chi connectivity index (χ0v) is 19.2. The Bertz CT molecular complexity index is 1370. The minimum atomic E-state index is -0.472. The summed E-state index contributed by atoms with van der Waals surface area (Å²) in [5.74, 6) is -0.305. The molecular formula is C28H22ClN3O2. The lowest BCUT2D eigenvalue weighted by Crippen LogP contribution is -2.43. The van der Waals surface area contributed by atoms with Crippen LogP contribution in [0.2, 0.25) is 5.02 Å². The van der Waals surface area contributed by atoms with Crippen LogP contribution in [0.15, 0.2) is 97.1 Å². The Morgan fingerprint density at radius 2 is 1.65 bits per heavy atom. The standard InChI is InChI=1S/C28H22ClN3O2/c1-18-9-11-19(12-10-18)27(33)30-22-6-4-5-20(17-22)26-31-25-8-3-2-7-24(25)28(34)32(26)23-15-13-21(29)14-16-23/h2-17,26,31H,1H3,(H,30,33). The van der Waals surface area contributed by atoms with Gasteiger partial charge in [0.15, 0.2) is 0 Å². The van der Waals surface area contributed by atoms with Crippen LogP contribution >= 0.6 is 11.6 Å². The van der Waals surface area contributed by atoms with Gasteiger partial charge in [0.25, 0.3) is 11.8 Å². The van der Waals surface area contributed by atoms with E-state index in [1.54, 1.807) is 29.2 Å². The van der Waals surface area contributed by atoms with E-state index in [1.165, 1.54) is 0 Å². The summed E-state index contributed by atoms with van der Waals surface area (Å²) in [6.07, 6.45) is -0.472. The van der Waals surface area contributed by atoms with Gasteiger partial charge in [-0.3, -0.25) is 14.5 Å². The number of para-hydroxylation sites is 1. The highest BCUT2D eigenvalue weighted by Crippen LogP contribution is 2.37. The molecule has 0 aromatic heterocycles. The number of amides is 2. The average molecular weight is 468 g/mol. The van der Waals surface area contributed by atoms with Crippen molar-refractivity contribution in [2.24, 2.45) is 0 Å². The van der Waals surface area contributed by atoms with Crippen LogP contribution in [0, 0.1) is 6.92 Å². The molecule has 0 fully saturated rings. The first-order valence-corrected chi connectivity index (χ1v) is 11.3. The van der Waals surface area contributed by atoms with E-state index in [0.29, 0.717) is 21.8 Å². The molecule has 1 atom stereocenters. The minimum Gasteiger partial charge on any atom is -0.360 e. The maximum atomic E-state index is 13.5. The third-order valence-corrected chi connectivity index (χ3v) is 6.06. The van der Waals surface area contributed by atoms with Gasteiger partial charge in [-0.2, -0.15) is 0 Å². The number of benzene rings is 4. The van der Waals surface area contributed by atoms with Crippen LogP contribution < -0.4 is 15.5 Å². The third-order valence-electron chi connectivity index (χ3n) is 5.81. The minimum absolute atomic E-state index is 0.115. The molecule has 5 rings (SSSR count). The van der Waals surface area contributed by atoms with Gasteiger partial charge in [-0.05, 0) is 73.2 Å². The molecule has 1 unspecified atom stereocenters. The van der Waals surface area contributed by atoms with Crippen LogP contribution in [0.4, 0.5) is 17.1 Å². The van der Waals surface area contributed by atoms with E-state index in [2.05, 4.69) is 10.6 Å². The molecule has 0 aliphatic carbocycles. The average Bonchev–Trinajstić information content (AvgIpc) is 2.85. The third kappa shape index (κ3) is 4.26. The predicted molar refractivity (Wildman–Crippen MR) is 137 cm³/mol. The fraction of sp³-hybridized carbons (Fsp3) is 0.0714. The number of aryl methyl sites for hydroxylation is 1. The van der Waals surface area contributed by atoms with E-state index >= 15 is 0 Å². The summed E-state index contributed by atoms with van der Waals surface area (Å²) in [7, 11) is 0. The normalized spacial score (nSPS) is 14.8. The number of carbonyl (C=O) groups is 2. The number of hydrogen-bond acceptors (Lipinski definition) is 3. The summed E-state index contributed by atoms with van der Waals surface area (Å²) in [4.78, 5) is 28.0. The summed E-state index contributed by atoms with van der Waals surface area (Å²) in [6.45, 7) is 1.98. The van der Waals surface area contributed by atoms with Crippen LogP contribution in [0.1, 0.15) is 38.0 Å². The van der Waals surface area contributed by atoms with Crippen molar-refractivity contribution in [3.05, 3.63) is 124 Å². The zero-order valence-electron chi connectivity index (χ0n) is 18.5. The van der Waals surface area contributed by atoms with Crippen molar-refractivity contribution in [3.8, 4) is 0 Å². The molecule has 1 heterocycles. The van der Waals surface area contributed by atoms with E-state index in [1.807, 2.05) is 79.7 Å². The molecule has 1 aliphatic heterocycles. The molecule has 4 aromatic carbocycles. The maximum Gasteiger partial charge on any atom is 0.262 e. The molecule has 5 nitrogen and oxygen atoms in total. The second-order valence-corrected chi connectivity index (χ2v) is 8.63. The van der Waals surface area contributed by atoms with Crippen LogP contribution in [-0.4, -0.2) is 11.8 Å². The molecule has 0 radical (unpaired) electrons. The fourth-order valence-corrected chi connectivity index (χ4v) is 4.18. The Morgan fingerprint density at radius 3 is 2.41 bits per heavy atom. The first kappa shape index (κ1) is 21.7. The Labute approximate surface area is 203 Å². The van der Waals surface area contributed by atoms with E-state index < -0.39 is 6.17 Å². The molecule has 4 aromatic rings. The SMILES string of the molecule is Cc1ccc(C(=O)Nc2cccc(C3Nc4ccccc4C(=O)N3c3ccc(Cl)cc3)c2)cc1. The van der Waals surface area contributed by atoms with E-state index in [4.69, 9.17) is 11.6 Å². The van der Waals surface area contributed by atoms with Gasteiger partial charge >= 0.3 is 0 Å². The molecule has 2 N–H and O–H groups in total. The molecule has 0 saturated heterocycles. The second kappa shape index (κ2) is 9.04. The molecular weight excluding hydrogens is 446 g/mol. The van der Waals surface area contributed by atoms with Crippen molar-refractivity contribution in [2.75, 3.05) is 15.5 Å². The first-order chi connectivity index (χ1) is 16.5. The number of anilines is 3. The highest BCUT2D eigenvalue weighted by atomic mass is 35.5. The zero-order chi connectivity index (χ0) is 23.7. The highest BCUT2D eigenvalue weighted by molar-refractivity contribution is 6.30. The van der Waals surface area contributed by atoms with Gasteiger partial charge in [-0.25, -0.2) is 0 Å². The summed E-state index contributed by atoms with van der Waals surface area (Å²) in [5.41, 5.74) is 5.23. The maximum absolute atomic E-state index is 13.5. The van der Waals surface area contributed by atoms with E-state index in [0.717, 1.165) is 22.5 Å². The Balaban J connectivity index is 1.50. The van der Waals surface area contributed by atoms with Gasteiger partial charge in [0.1, 0.15) is 6.17 Å². The number of nitrogens with zero attached hydrogens (tertiary/aromatic N) is 1. The van der Waals surface area contributed by atoms with Crippen molar-refractivity contribution < 1.29 is 9.59 Å². The van der Waals surface area contributed by atoms with Crippen molar-refractivity contribution >= 4 is 40.5 Å². The molecule has 168 valence electrons. The number of fused-ring (bicyclic) bond motifs is 1.